The Hall–Kier alpha value is -2.69. The summed E-state index contributed by atoms with van der Waals surface area (Å²) in [5.74, 6) is 0. The Morgan fingerprint density at radius 2 is 1.95 bits per heavy atom. The molecule has 0 amide bonds. The number of nitro groups is 1. The number of non-ortho nitro benzene ring substituents is 1. The van der Waals surface area contributed by atoms with Gasteiger partial charge in [0.15, 0.2) is 0 Å². The van der Waals surface area contributed by atoms with Crippen LogP contribution in [0.5, 0.6) is 0 Å². The van der Waals surface area contributed by atoms with Gasteiger partial charge in [-0.05, 0) is 11.6 Å². The second-order valence-corrected chi connectivity index (χ2v) is 4.01. The molecule has 0 aromatic heterocycles. The van der Waals surface area contributed by atoms with Crippen molar-refractivity contribution in [1.29, 1.82) is 5.41 Å². The van der Waals surface area contributed by atoms with E-state index in [1.165, 1.54) is 12.1 Å². The summed E-state index contributed by atoms with van der Waals surface area (Å²) in [7, 11) is 0. The first-order chi connectivity index (χ1) is 9.20. The van der Waals surface area contributed by atoms with Crippen molar-refractivity contribution in [2.45, 2.75) is 6.54 Å². The number of benzene rings is 2. The lowest BCUT2D eigenvalue weighted by molar-refractivity contribution is -0.384. The highest BCUT2D eigenvalue weighted by atomic mass is 16.6. The molecule has 0 fully saturated rings. The molecule has 0 aliphatic carbocycles. The smallest absolute Gasteiger partial charge is 0.270 e. The lowest BCUT2D eigenvalue weighted by atomic mass is 10.1. The Labute approximate surface area is 110 Å². The van der Waals surface area contributed by atoms with Gasteiger partial charge in [-0.15, -0.1) is 0 Å². The molecule has 0 radical (unpaired) electrons. The van der Waals surface area contributed by atoms with Crippen molar-refractivity contribution < 1.29 is 4.92 Å². The van der Waals surface area contributed by atoms with Gasteiger partial charge >= 0.3 is 0 Å². The van der Waals surface area contributed by atoms with Crippen LogP contribution in [0.4, 0.5) is 11.4 Å². The zero-order valence-corrected chi connectivity index (χ0v) is 10.2. The standard InChI is InChI=1S/C14H13N3O2/c15-9-12-8-13(17(18)19)6-7-14(12)16-10-11-4-2-1-3-5-11/h1-9,15-16H,10H2. The molecule has 0 saturated heterocycles. The summed E-state index contributed by atoms with van der Waals surface area (Å²) in [5.41, 5.74) is 2.31. The molecular weight excluding hydrogens is 242 g/mol. The second kappa shape index (κ2) is 5.77. The SMILES string of the molecule is N=Cc1cc([N+](=O)[O-])ccc1NCc1ccccc1. The van der Waals surface area contributed by atoms with Crippen LogP contribution in [0.25, 0.3) is 0 Å². The number of anilines is 1. The number of nitro benzene ring substituents is 1. The number of rotatable bonds is 5. The first kappa shape index (κ1) is 12.8. The quantitative estimate of drug-likeness (QED) is 0.489. The fraction of sp³-hybridized carbons (Fsp3) is 0.0714. The largest absolute Gasteiger partial charge is 0.380 e. The van der Waals surface area contributed by atoms with Crippen molar-refractivity contribution in [2.24, 2.45) is 0 Å². The molecule has 2 aromatic carbocycles. The zero-order chi connectivity index (χ0) is 13.7. The maximum Gasteiger partial charge on any atom is 0.270 e. The monoisotopic (exact) mass is 255 g/mol. The van der Waals surface area contributed by atoms with Crippen LogP contribution >= 0.6 is 0 Å². The van der Waals surface area contributed by atoms with E-state index in [1.54, 1.807) is 6.07 Å². The molecule has 0 heterocycles. The van der Waals surface area contributed by atoms with Crippen LogP contribution < -0.4 is 5.32 Å². The molecule has 2 rings (SSSR count). The predicted octanol–water partition coefficient (Wildman–Crippen LogP) is 3.20. The molecule has 2 N–H and O–H groups in total. The van der Waals surface area contributed by atoms with Gasteiger partial charge in [0.2, 0.25) is 0 Å². The number of hydrogen-bond acceptors (Lipinski definition) is 4. The van der Waals surface area contributed by atoms with Crippen molar-refractivity contribution in [3.63, 3.8) is 0 Å². The Bertz CT molecular complexity index is 597. The molecule has 19 heavy (non-hydrogen) atoms. The van der Waals surface area contributed by atoms with Gasteiger partial charge < -0.3 is 10.7 Å². The summed E-state index contributed by atoms with van der Waals surface area (Å²) in [5, 5.41) is 21.2. The molecule has 5 nitrogen and oxygen atoms in total. The normalized spacial score (nSPS) is 9.89. The van der Waals surface area contributed by atoms with E-state index in [0.29, 0.717) is 17.8 Å². The van der Waals surface area contributed by atoms with E-state index >= 15 is 0 Å². The minimum absolute atomic E-state index is 0.0104. The molecule has 0 saturated carbocycles. The fourth-order valence-corrected chi connectivity index (χ4v) is 1.74. The summed E-state index contributed by atoms with van der Waals surface area (Å²) < 4.78 is 0. The highest BCUT2D eigenvalue weighted by Crippen LogP contribution is 2.21. The Balaban J connectivity index is 2.16. The predicted molar refractivity (Wildman–Crippen MR) is 74.8 cm³/mol. The summed E-state index contributed by atoms with van der Waals surface area (Å²) in [6, 6.07) is 14.3. The van der Waals surface area contributed by atoms with E-state index in [1.807, 2.05) is 30.3 Å². The zero-order valence-electron chi connectivity index (χ0n) is 10.2. The van der Waals surface area contributed by atoms with E-state index in [-0.39, 0.29) is 5.69 Å². The van der Waals surface area contributed by atoms with Crippen molar-refractivity contribution in [3.8, 4) is 0 Å². The maximum absolute atomic E-state index is 10.7. The minimum Gasteiger partial charge on any atom is -0.380 e. The van der Waals surface area contributed by atoms with Crippen LogP contribution in [-0.4, -0.2) is 11.1 Å². The highest BCUT2D eigenvalue weighted by Gasteiger charge is 2.09. The molecular formula is C14H13N3O2. The van der Waals surface area contributed by atoms with Gasteiger partial charge in [0.1, 0.15) is 0 Å². The van der Waals surface area contributed by atoms with Crippen LogP contribution in [0.3, 0.4) is 0 Å². The van der Waals surface area contributed by atoms with Crippen LogP contribution in [0, 0.1) is 15.5 Å². The number of hydrogen-bond donors (Lipinski definition) is 2. The molecule has 0 aliphatic rings. The Kier molecular flexibility index (Phi) is 3.87. The number of nitrogens with zero attached hydrogens (tertiary/aromatic N) is 1. The van der Waals surface area contributed by atoms with Gasteiger partial charge in [-0.2, -0.15) is 0 Å². The third-order valence-corrected chi connectivity index (χ3v) is 2.73. The van der Waals surface area contributed by atoms with E-state index < -0.39 is 4.92 Å². The van der Waals surface area contributed by atoms with E-state index in [9.17, 15) is 10.1 Å². The van der Waals surface area contributed by atoms with Crippen LogP contribution in [0.1, 0.15) is 11.1 Å². The highest BCUT2D eigenvalue weighted by molar-refractivity contribution is 5.86. The molecule has 5 heteroatoms. The molecule has 96 valence electrons. The van der Waals surface area contributed by atoms with Gasteiger partial charge in [0.05, 0.1) is 4.92 Å². The lowest BCUT2D eigenvalue weighted by Gasteiger charge is -2.09. The Morgan fingerprint density at radius 3 is 2.58 bits per heavy atom. The molecule has 0 bridgehead atoms. The van der Waals surface area contributed by atoms with Crippen molar-refractivity contribution in [3.05, 3.63) is 69.8 Å². The van der Waals surface area contributed by atoms with E-state index in [4.69, 9.17) is 5.41 Å². The van der Waals surface area contributed by atoms with Crippen LogP contribution in [0.2, 0.25) is 0 Å². The maximum atomic E-state index is 10.7. The molecule has 0 spiro atoms. The third-order valence-electron chi connectivity index (χ3n) is 2.73. The second-order valence-electron chi connectivity index (χ2n) is 4.01. The van der Waals surface area contributed by atoms with Crippen molar-refractivity contribution in [2.75, 3.05) is 5.32 Å². The van der Waals surface area contributed by atoms with E-state index in [2.05, 4.69) is 5.32 Å². The van der Waals surface area contributed by atoms with Crippen LogP contribution in [0.15, 0.2) is 48.5 Å². The van der Waals surface area contributed by atoms with Gasteiger partial charge in [-0.1, -0.05) is 30.3 Å². The van der Waals surface area contributed by atoms with Crippen molar-refractivity contribution >= 4 is 17.6 Å². The number of nitrogens with one attached hydrogen (secondary N) is 2. The summed E-state index contributed by atoms with van der Waals surface area (Å²) in [6.45, 7) is 0.611. The first-order valence-corrected chi connectivity index (χ1v) is 5.77. The average Bonchev–Trinajstić information content (AvgIpc) is 2.45. The van der Waals surface area contributed by atoms with Gasteiger partial charge in [-0.25, -0.2) is 0 Å². The Morgan fingerprint density at radius 1 is 1.21 bits per heavy atom. The van der Waals surface area contributed by atoms with Gasteiger partial charge in [-0.3, -0.25) is 10.1 Å². The third kappa shape index (κ3) is 3.16. The average molecular weight is 255 g/mol. The fourth-order valence-electron chi connectivity index (χ4n) is 1.74. The lowest BCUT2D eigenvalue weighted by Crippen LogP contribution is -2.02. The van der Waals surface area contributed by atoms with Gasteiger partial charge in [0.25, 0.3) is 5.69 Å². The topological polar surface area (TPSA) is 79.0 Å². The summed E-state index contributed by atoms with van der Waals surface area (Å²) >= 11 is 0. The summed E-state index contributed by atoms with van der Waals surface area (Å²) in [6.07, 6.45) is 1.11. The molecule has 0 aliphatic heterocycles. The minimum atomic E-state index is -0.464. The molecule has 2 aromatic rings. The summed E-state index contributed by atoms with van der Waals surface area (Å²) in [4.78, 5) is 10.2. The van der Waals surface area contributed by atoms with E-state index in [0.717, 1.165) is 11.8 Å². The first-order valence-electron chi connectivity index (χ1n) is 5.77. The van der Waals surface area contributed by atoms with Crippen molar-refractivity contribution in [1.82, 2.24) is 0 Å². The van der Waals surface area contributed by atoms with Gasteiger partial charge in [0, 0.05) is 36.1 Å². The van der Waals surface area contributed by atoms with Crippen LogP contribution in [-0.2, 0) is 6.54 Å². The molecule has 0 atom stereocenters. The molecule has 0 unspecified atom stereocenters.